The first-order valence-corrected chi connectivity index (χ1v) is 11.4. The van der Waals surface area contributed by atoms with Crippen LogP contribution in [-0.4, -0.2) is 22.5 Å². The van der Waals surface area contributed by atoms with Crippen LogP contribution in [0.25, 0.3) is 10.9 Å². The number of rotatable bonds is 7. The summed E-state index contributed by atoms with van der Waals surface area (Å²) >= 11 is 3.41. The van der Waals surface area contributed by atoms with E-state index >= 15 is 0 Å². The largest absolute Gasteiger partial charge is 0.490 e. The first-order valence-electron chi connectivity index (χ1n) is 10.6. The van der Waals surface area contributed by atoms with Crippen molar-refractivity contribution in [2.45, 2.75) is 27.4 Å². The Morgan fingerprint density at radius 1 is 1.00 bits per heavy atom. The number of aromatic nitrogens is 2. The normalized spacial score (nSPS) is 11.3. The third-order valence-corrected chi connectivity index (χ3v) is 5.57. The smallest absolute Gasteiger partial charge is 0.282 e. The number of hydrogen-bond acceptors (Lipinski definition) is 5. The molecule has 168 valence electrons. The highest BCUT2D eigenvalue weighted by molar-refractivity contribution is 9.10. The summed E-state index contributed by atoms with van der Waals surface area (Å²) in [6.07, 6.45) is 1.62. The van der Waals surface area contributed by atoms with Gasteiger partial charge in [-0.3, -0.25) is 4.79 Å². The van der Waals surface area contributed by atoms with Crippen molar-refractivity contribution in [2.24, 2.45) is 5.10 Å². The molecule has 0 spiro atoms. The minimum absolute atomic E-state index is 0.224. The maximum absolute atomic E-state index is 12.9. The molecule has 0 aliphatic rings. The molecule has 0 aliphatic heterocycles. The van der Waals surface area contributed by atoms with E-state index in [1.54, 1.807) is 19.2 Å². The number of aryl methyl sites for hydroxylation is 2. The molecule has 0 bridgehead atoms. The van der Waals surface area contributed by atoms with Crippen LogP contribution in [-0.2, 0) is 6.61 Å². The number of benzene rings is 3. The number of halogens is 1. The standard InChI is InChI=1S/C26H24BrN3O3/c1-4-32-25-13-20(9-12-24(25)33-16-19-7-5-17(2)6-8-19)15-28-30-18(3)29-23-11-10-21(27)14-22(23)26(30)31/h5-15H,4,16H2,1-3H3. The fourth-order valence-corrected chi connectivity index (χ4v) is 3.72. The van der Waals surface area contributed by atoms with Crippen LogP contribution in [0.15, 0.2) is 75.0 Å². The van der Waals surface area contributed by atoms with Gasteiger partial charge in [0.15, 0.2) is 11.5 Å². The molecule has 0 aliphatic carbocycles. The van der Waals surface area contributed by atoms with Gasteiger partial charge in [-0.1, -0.05) is 45.8 Å². The van der Waals surface area contributed by atoms with Crippen molar-refractivity contribution in [2.75, 3.05) is 6.61 Å². The van der Waals surface area contributed by atoms with E-state index in [-0.39, 0.29) is 5.56 Å². The van der Waals surface area contributed by atoms with E-state index in [4.69, 9.17) is 9.47 Å². The molecule has 0 unspecified atom stereocenters. The molecule has 0 fully saturated rings. The third-order valence-electron chi connectivity index (χ3n) is 5.07. The van der Waals surface area contributed by atoms with Gasteiger partial charge in [0.2, 0.25) is 0 Å². The summed E-state index contributed by atoms with van der Waals surface area (Å²) in [7, 11) is 0. The molecular formula is C26H24BrN3O3. The Morgan fingerprint density at radius 2 is 1.79 bits per heavy atom. The van der Waals surface area contributed by atoms with Crippen LogP contribution in [0.5, 0.6) is 11.5 Å². The Bertz CT molecular complexity index is 1380. The van der Waals surface area contributed by atoms with Crippen molar-refractivity contribution in [1.82, 2.24) is 9.66 Å². The summed E-state index contributed by atoms with van der Waals surface area (Å²) in [5.74, 6) is 1.78. The minimum Gasteiger partial charge on any atom is -0.490 e. The van der Waals surface area contributed by atoms with Crippen LogP contribution < -0.4 is 15.0 Å². The highest BCUT2D eigenvalue weighted by atomic mass is 79.9. The summed E-state index contributed by atoms with van der Waals surface area (Å²) in [5.41, 5.74) is 3.49. The van der Waals surface area contributed by atoms with E-state index < -0.39 is 0 Å². The van der Waals surface area contributed by atoms with Gasteiger partial charge in [0.1, 0.15) is 12.4 Å². The topological polar surface area (TPSA) is 65.7 Å². The molecule has 4 aromatic rings. The quantitative estimate of drug-likeness (QED) is 0.305. The summed E-state index contributed by atoms with van der Waals surface area (Å²) < 4.78 is 13.9. The number of hydrogen-bond donors (Lipinski definition) is 0. The van der Waals surface area contributed by atoms with E-state index in [1.807, 2.05) is 49.4 Å². The molecule has 1 heterocycles. The molecule has 1 aromatic heterocycles. The van der Waals surface area contributed by atoms with Gasteiger partial charge in [0.25, 0.3) is 5.56 Å². The zero-order valence-corrected chi connectivity index (χ0v) is 20.3. The number of fused-ring (bicyclic) bond motifs is 1. The molecule has 0 N–H and O–H groups in total. The molecule has 33 heavy (non-hydrogen) atoms. The van der Waals surface area contributed by atoms with Gasteiger partial charge in [-0.2, -0.15) is 9.78 Å². The van der Waals surface area contributed by atoms with E-state index in [1.165, 1.54) is 10.2 Å². The van der Waals surface area contributed by atoms with Crippen LogP contribution in [0.2, 0.25) is 0 Å². The van der Waals surface area contributed by atoms with Gasteiger partial charge in [0, 0.05) is 4.47 Å². The fourth-order valence-electron chi connectivity index (χ4n) is 3.36. The van der Waals surface area contributed by atoms with Crippen molar-refractivity contribution < 1.29 is 9.47 Å². The van der Waals surface area contributed by atoms with Crippen molar-refractivity contribution in [3.63, 3.8) is 0 Å². The minimum atomic E-state index is -0.224. The molecule has 0 radical (unpaired) electrons. The van der Waals surface area contributed by atoms with Gasteiger partial charge in [0.05, 0.1) is 23.7 Å². The zero-order valence-electron chi connectivity index (χ0n) is 18.7. The Morgan fingerprint density at radius 3 is 2.55 bits per heavy atom. The fraction of sp³-hybridized carbons (Fsp3) is 0.192. The first-order chi connectivity index (χ1) is 15.9. The average molecular weight is 506 g/mol. The van der Waals surface area contributed by atoms with Crippen LogP contribution in [0, 0.1) is 13.8 Å². The summed E-state index contributed by atoms with van der Waals surface area (Å²) in [6, 6.07) is 19.2. The monoisotopic (exact) mass is 505 g/mol. The maximum atomic E-state index is 12.9. The van der Waals surface area contributed by atoms with E-state index in [9.17, 15) is 4.79 Å². The van der Waals surface area contributed by atoms with Crippen molar-refractivity contribution in [1.29, 1.82) is 0 Å². The predicted molar refractivity (Wildman–Crippen MR) is 135 cm³/mol. The second-order valence-electron chi connectivity index (χ2n) is 7.60. The highest BCUT2D eigenvalue weighted by Gasteiger charge is 2.09. The lowest BCUT2D eigenvalue weighted by Crippen LogP contribution is -2.20. The lowest BCUT2D eigenvalue weighted by molar-refractivity contribution is 0.269. The predicted octanol–water partition coefficient (Wildman–Crippen LogP) is 5.64. The molecule has 0 amide bonds. The van der Waals surface area contributed by atoms with Gasteiger partial charge in [-0.05, 0) is 68.3 Å². The second-order valence-corrected chi connectivity index (χ2v) is 8.51. The van der Waals surface area contributed by atoms with E-state index in [2.05, 4.69) is 45.1 Å². The maximum Gasteiger partial charge on any atom is 0.282 e. The molecule has 0 saturated heterocycles. The van der Waals surface area contributed by atoms with Crippen molar-refractivity contribution in [3.8, 4) is 11.5 Å². The molecular weight excluding hydrogens is 482 g/mol. The Kier molecular flexibility index (Phi) is 6.89. The second kappa shape index (κ2) is 10.0. The molecule has 3 aromatic carbocycles. The first kappa shape index (κ1) is 22.7. The Hall–Kier alpha value is -3.45. The summed E-state index contributed by atoms with van der Waals surface area (Å²) in [4.78, 5) is 17.4. The van der Waals surface area contributed by atoms with Crippen LogP contribution in [0.4, 0.5) is 0 Å². The van der Waals surface area contributed by atoms with Gasteiger partial charge >= 0.3 is 0 Å². The molecule has 7 heteroatoms. The lowest BCUT2D eigenvalue weighted by atomic mass is 10.2. The van der Waals surface area contributed by atoms with Gasteiger partial charge in [-0.25, -0.2) is 4.98 Å². The Balaban J connectivity index is 1.60. The van der Waals surface area contributed by atoms with Crippen molar-refractivity contribution >= 4 is 33.0 Å². The SMILES string of the molecule is CCOc1cc(C=Nn2c(C)nc3ccc(Br)cc3c2=O)ccc1OCc1ccc(C)cc1. The zero-order chi connectivity index (χ0) is 23.4. The summed E-state index contributed by atoms with van der Waals surface area (Å²) in [5, 5.41) is 4.89. The van der Waals surface area contributed by atoms with Crippen LogP contribution in [0.3, 0.4) is 0 Å². The van der Waals surface area contributed by atoms with Gasteiger partial charge in [-0.15, -0.1) is 0 Å². The lowest BCUT2D eigenvalue weighted by Gasteiger charge is -2.13. The third kappa shape index (κ3) is 5.31. The summed E-state index contributed by atoms with van der Waals surface area (Å²) in [6.45, 7) is 6.69. The van der Waals surface area contributed by atoms with E-state index in [0.29, 0.717) is 41.4 Å². The highest BCUT2D eigenvalue weighted by Crippen LogP contribution is 2.29. The molecule has 4 rings (SSSR count). The van der Waals surface area contributed by atoms with Crippen LogP contribution in [0.1, 0.15) is 29.4 Å². The number of nitrogens with zero attached hydrogens (tertiary/aromatic N) is 3. The molecule has 0 atom stereocenters. The van der Waals surface area contributed by atoms with Crippen molar-refractivity contribution in [3.05, 3.63) is 98.0 Å². The van der Waals surface area contributed by atoms with Gasteiger partial charge < -0.3 is 9.47 Å². The Labute approximate surface area is 200 Å². The van der Waals surface area contributed by atoms with Crippen LogP contribution >= 0.6 is 15.9 Å². The average Bonchev–Trinajstić information content (AvgIpc) is 2.80. The molecule has 0 saturated carbocycles. The van der Waals surface area contributed by atoms with E-state index in [0.717, 1.165) is 15.6 Å². The number of ether oxygens (including phenoxy) is 2. The molecule has 6 nitrogen and oxygen atoms in total.